The number of rotatable bonds is 11. The summed E-state index contributed by atoms with van der Waals surface area (Å²) < 4.78 is 12.5. The van der Waals surface area contributed by atoms with Crippen LogP contribution in [0.4, 0.5) is 0 Å². The standard InChI is InChI=1S/C34H27N3O4S2/c38-33-30(41-34(39)37(33)20-27-22-42-31(35-27)17-13-24-7-3-1-4-8-24)19-26-11-15-29(16-12-26)40-21-28-23-43-32(36-28)18-14-25-9-5-2-6-10-25/h1-18,22-23,38H,19-21H2. The topological polar surface area (TPSA) is 90.4 Å². The summed E-state index contributed by atoms with van der Waals surface area (Å²) in [5.74, 6) is 0.0853. The van der Waals surface area contributed by atoms with Crippen LogP contribution in [0.1, 0.15) is 43.9 Å². The highest BCUT2D eigenvalue weighted by atomic mass is 32.1. The third-order valence-corrected chi connectivity index (χ3v) is 8.22. The van der Waals surface area contributed by atoms with E-state index in [0.717, 1.165) is 32.4 Å². The van der Waals surface area contributed by atoms with E-state index in [1.807, 2.05) is 120 Å². The van der Waals surface area contributed by atoms with Gasteiger partial charge in [0, 0.05) is 17.2 Å². The Bertz CT molecular complexity index is 1900. The molecule has 7 nitrogen and oxygen atoms in total. The Morgan fingerprint density at radius 3 is 1.98 bits per heavy atom. The Labute approximate surface area is 256 Å². The molecule has 0 aliphatic heterocycles. The third kappa shape index (κ3) is 7.45. The van der Waals surface area contributed by atoms with Gasteiger partial charge in [0.1, 0.15) is 22.4 Å². The number of ether oxygens (including phenoxy) is 1. The predicted molar refractivity (Wildman–Crippen MR) is 172 cm³/mol. The summed E-state index contributed by atoms with van der Waals surface area (Å²) in [6, 6.07) is 27.5. The zero-order valence-electron chi connectivity index (χ0n) is 23.0. The molecule has 0 saturated heterocycles. The van der Waals surface area contributed by atoms with Crippen LogP contribution < -0.4 is 10.5 Å². The molecule has 0 bridgehead atoms. The lowest BCUT2D eigenvalue weighted by atomic mass is 10.1. The molecule has 214 valence electrons. The van der Waals surface area contributed by atoms with Crippen LogP contribution in [0.25, 0.3) is 24.3 Å². The molecular weight excluding hydrogens is 579 g/mol. The SMILES string of the molecule is O=c1oc(Cc2ccc(OCc3csc(C=Cc4ccccc4)n3)cc2)c(O)n1Cc1csc(C=Cc2ccccc2)n1. The van der Waals surface area contributed by atoms with E-state index in [-0.39, 0.29) is 24.6 Å². The van der Waals surface area contributed by atoms with Crippen LogP contribution in [0.5, 0.6) is 11.6 Å². The van der Waals surface area contributed by atoms with Gasteiger partial charge in [-0.1, -0.05) is 84.9 Å². The summed E-state index contributed by atoms with van der Waals surface area (Å²) in [5, 5.41) is 16.3. The quantitative estimate of drug-likeness (QED) is 0.163. The van der Waals surface area contributed by atoms with Crippen molar-refractivity contribution in [2.75, 3.05) is 0 Å². The van der Waals surface area contributed by atoms with Gasteiger partial charge in [-0.3, -0.25) is 0 Å². The summed E-state index contributed by atoms with van der Waals surface area (Å²) in [4.78, 5) is 21.7. The number of aromatic nitrogens is 3. The van der Waals surface area contributed by atoms with E-state index < -0.39 is 5.76 Å². The fraction of sp³-hybridized carbons (Fsp3) is 0.0882. The predicted octanol–water partition coefficient (Wildman–Crippen LogP) is 7.62. The first-order valence-electron chi connectivity index (χ1n) is 13.6. The molecule has 3 aromatic heterocycles. The maximum atomic E-state index is 12.5. The number of aromatic hydroxyl groups is 1. The molecule has 0 radical (unpaired) electrons. The van der Waals surface area contributed by atoms with Gasteiger partial charge in [0.15, 0.2) is 5.76 Å². The van der Waals surface area contributed by atoms with Gasteiger partial charge in [-0.15, -0.1) is 22.7 Å². The second kappa shape index (κ2) is 13.3. The van der Waals surface area contributed by atoms with Crippen LogP contribution in [0.15, 0.2) is 105 Å². The van der Waals surface area contributed by atoms with Crippen molar-refractivity contribution in [2.45, 2.75) is 19.6 Å². The van der Waals surface area contributed by atoms with E-state index in [9.17, 15) is 9.90 Å². The Balaban J connectivity index is 1.03. The largest absolute Gasteiger partial charge is 0.492 e. The van der Waals surface area contributed by atoms with Gasteiger partial charge >= 0.3 is 5.76 Å². The fourth-order valence-corrected chi connectivity index (χ4v) is 5.70. The van der Waals surface area contributed by atoms with Crippen LogP contribution in [0, 0.1) is 0 Å². The van der Waals surface area contributed by atoms with Gasteiger partial charge < -0.3 is 14.3 Å². The monoisotopic (exact) mass is 605 g/mol. The third-order valence-electron chi connectivity index (χ3n) is 6.51. The van der Waals surface area contributed by atoms with Crippen molar-refractivity contribution >= 4 is 47.0 Å². The zero-order valence-corrected chi connectivity index (χ0v) is 24.6. The Morgan fingerprint density at radius 1 is 0.767 bits per heavy atom. The molecule has 6 aromatic rings. The number of thiazole rings is 2. The van der Waals surface area contributed by atoms with Crippen LogP contribution in [-0.4, -0.2) is 19.6 Å². The molecule has 0 saturated carbocycles. The van der Waals surface area contributed by atoms with Crippen molar-refractivity contribution in [3.05, 3.63) is 150 Å². The first-order chi connectivity index (χ1) is 21.1. The van der Waals surface area contributed by atoms with E-state index in [4.69, 9.17) is 9.15 Å². The van der Waals surface area contributed by atoms with Gasteiger partial charge in [-0.05, 0) is 41.0 Å². The number of hydrogen-bond acceptors (Lipinski definition) is 8. The molecule has 0 aliphatic carbocycles. The minimum atomic E-state index is -0.622. The highest BCUT2D eigenvalue weighted by Crippen LogP contribution is 2.24. The lowest BCUT2D eigenvalue weighted by Crippen LogP contribution is -2.14. The van der Waals surface area contributed by atoms with Gasteiger partial charge in [-0.25, -0.2) is 19.3 Å². The number of nitrogens with zero attached hydrogens (tertiary/aromatic N) is 3. The lowest BCUT2D eigenvalue weighted by molar-refractivity contribution is 0.302. The van der Waals surface area contributed by atoms with Crippen molar-refractivity contribution in [3.8, 4) is 11.6 Å². The second-order valence-corrected chi connectivity index (χ2v) is 11.4. The highest BCUT2D eigenvalue weighted by molar-refractivity contribution is 7.10. The van der Waals surface area contributed by atoms with Crippen LogP contribution in [0.3, 0.4) is 0 Å². The van der Waals surface area contributed by atoms with E-state index in [1.54, 1.807) is 11.3 Å². The average molecular weight is 606 g/mol. The zero-order chi connectivity index (χ0) is 29.4. The molecule has 0 atom stereocenters. The summed E-state index contributed by atoms with van der Waals surface area (Å²) in [6.07, 6.45) is 8.22. The van der Waals surface area contributed by atoms with E-state index >= 15 is 0 Å². The van der Waals surface area contributed by atoms with Crippen molar-refractivity contribution in [1.82, 2.24) is 14.5 Å². The molecule has 0 aliphatic rings. The lowest BCUT2D eigenvalue weighted by Gasteiger charge is -2.05. The minimum absolute atomic E-state index is 0.122. The van der Waals surface area contributed by atoms with Crippen molar-refractivity contribution < 1.29 is 14.3 Å². The van der Waals surface area contributed by atoms with Crippen molar-refractivity contribution in [2.24, 2.45) is 0 Å². The molecule has 43 heavy (non-hydrogen) atoms. The average Bonchev–Trinajstić information content (AvgIpc) is 3.76. The first-order valence-corrected chi connectivity index (χ1v) is 15.3. The molecule has 3 heterocycles. The minimum Gasteiger partial charge on any atom is -0.492 e. The first kappa shape index (κ1) is 28.1. The van der Waals surface area contributed by atoms with E-state index in [1.165, 1.54) is 15.9 Å². The molecule has 0 unspecified atom stereocenters. The fourth-order valence-electron chi connectivity index (χ4n) is 4.31. The number of benzene rings is 3. The molecule has 0 fully saturated rings. The normalized spacial score (nSPS) is 11.5. The number of oxazole rings is 1. The van der Waals surface area contributed by atoms with Crippen molar-refractivity contribution in [3.63, 3.8) is 0 Å². The van der Waals surface area contributed by atoms with Crippen LogP contribution in [0.2, 0.25) is 0 Å². The molecule has 0 amide bonds. The van der Waals surface area contributed by atoms with Gasteiger partial charge in [0.25, 0.3) is 0 Å². The van der Waals surface area contributed by atoms with Crippen LogP contribution in [-0.2, 0) is 19.6 Å². The second-order valence-electron chi connectivity index (χ2n) is 9.65. The summed E-state index contributed by atoms with van der Waals surface area (Å²) in [5.41, 5.74) is 4.60. The smallest absolute Gasteiger partial charge is 0.422 e. The van der Waals surface area contributed by atoms with Gasteiger partial charge in [-0.2, -0.15) is 0 Å². The van der Waals surface area contributed by atoms with E-state index in [2.05, 4.69) is 9.97 Å². The number of hydrogen-bond donors (Lipinski definition) is 1. The van der Waals surface area contributed by atoms with Gasteiger partial charge in [0.2, 0.25) is 5.88 Å². The Kier molecular flexibility index (Phi) is 8.72. The Hall–Kier alpha value is -4.99. The maximum absolute atomic E-state index is 12.5. The highest BCUT2D eigenvalue weighted by Gasteiger charge is 2.17. The van der Waals surface area contributed by atoms with Gasteiger partial charge in [0.05, 0.1) is 17.9 Å². The molecule has 3 aromatic carbocycles. The molecule has 1 N–H and O–H groups in total. The van der Waals surface area contributed by atoms with Crippen molar-refractivity contribution in [1.29, 1.82) is 0 Å². The summed E-state index contributed by atoms with van der Waals surface area (Å²) in [6.45, 7) is 0.477. The van der Waals surface area contributed by atoms with Crippen LogP contribution >= 0.6 is 22.7 Å². The molecule has 0 spiro atoms. The maximum Gasteiger partial charge on any atom is 0.422 e. The summed E-state index contributed by atoms with van der Waals surface area (Å²) in [7, 11) is 0. The Morgan fingerprint density at radius 2 is 1.35 bits per heavy atom. The van der Waals surface area contributed by atoms with E-state index in [0.29, 0.717) is 18.1 Å². The molecule has 9 heteroatoms. The summed E-state index contributed by atoms with van der Waals surface area (Å²) >= 11 is 3.04. The molecule has 6 rings (SSSR count). The molecular formula is C34H27N3O4S2.